The van der Waals surface area contributed by atoms with E-state index < -0.39 is 95.2 Å². The van der Waals surface area contributed by atoms with Crippen LogP contribution in [0, 0.1) is 0 Å². The van der Waals surface area contributed by atoms with Gasteiger partial charge in [-0.1, -0.05) is 5.16 Å². The number of phenolic OH excluding ortho intramolecular Hbond substituents is 2. The Morgan fingerprint density at radius 2 is 1.70 bits per heavy atom. The maximum Gasteiger partial charge on any atom is 0.372 e. The van der Waals surface area contributed by atoms with Crippen LogP contribution in [0.4, 0.5) is 5.13 Å². The normalized spacial score (nSPS) is 25.0. The molecule has 0 bridgehead atoms. The van der Waals surface area contributed by atoms with Crippen molar-refractivity contribution in [1.29, 1.82) is 0 Å². The Morgan fingerprint density at radius 1 is 1.06 bits per heavy atom. The van der Waals surface area contributed by atoms with Crippen molar-refractivity contribution in [3.8, 4) is 11.5 Å². The minimum atomic E-state index is -2.92. The summed E-state index contributed by atoms with van der Waals surface area (Å²) in [6.07, 6.45) is -1.00. The third-order valence-corrected chi connectivity index (χ3v) is 8.20. The maximum absolute atomic E-state index is 13.4. The molecule has 0 saturated carbocycles. The number of ether oxygens (including phenoxy) is 2. The molecule has 2 aromatic rings. The number of anilines is 1. The molecule has 3 fully saturated rings. The molecular weight excluding hydrogens is 656 g/mol. The number of cyclic esters (lactones) is 1. The molecule has 0 spiro atoms. The van der Waals surface area contributed by atoms with Gasteiger partial charge in [0, 0.05) is 5.38 Å². The molecule has 4 aliphatic rings. The van der Waals surface area contributed by atoms with E-state index in [0.29, 0.717) is 4.90 Å². The van der Waals surface area contributed by atoms with Gasteiger partial charge in [0.1, 0.15) is 37.6 Å². The Bertz CT molecular complexity index is 1780. The number of benzene rings is 1. The predicted octanol–water partition coefficient (Wildman–Crippen LogP) is -2.64. The van der Waals surface area contributed by atoms with Crippen molar-refractivity contribution in [2.24, 2.45) is 5.16 Å². The number of hydrogen-bond donors (Lipinski definition) is 6. The van der Waals surface area contributed by atoms with Crippen LogP contribution in [0.2, 0.25) is 0 Å². The number of fused-ring (bicyclic) bond motifs is 1. The number of nitrogens with one attached hydrogen (secondary N) is 1. The average molecular weight is 677 g/mol. The van der Waals surface area contributed by atoms with Crippen LogP contribution >= 0.6 is 11.3 Å². The number of phenols is 2. The topological polar surface area (TPSA) is 307 Å². The van der Waals surface area contributed by atoms with E-state index in [1.54, 1.807) is 0 Å². The maximum atomic E-state index is 13.4. The molecule has 6 rings (SSSR count). The second kappa shape index (κ2) is 10.9. The Labute approximate surface area is 263 Å². The molecule has 0 aliphatic carbocycles. The average Bonchev–Trinajstić information content (AvgIpc) is 3.72. The van der Waals surface area contributed by atoms with E-state index in [4.69, 9.17) is 24.9 Å². The summed E-state index contributed by atoms with van der Waals surface area (Å²) in [6, 6.07) is -1.95. The summed E-state index contributed by atoms with van der Waals surface area (Å²) in [5.41, 5.74) is -0.711. The van der Waals surface area contributed by atoms with Crippen molar-refractivity contribution >= 4 is 63.7 Å². The number of oxime groups is 1. The molecule has 22 heteroatoms. The minimum absolute atomic E-state index is 0.000422. The van der Waals surface area contributed by atoms with Crippen LogP contribution in [0.15, 0.2) is 22.7 Å². The number of hydroxylamine groups is 2. The molecule has 21 nitrogen and oxygen atoms in total. The molecule has 3 atom stereocenters. The number of carboxylic acid groups (broad SMARTS) is 2. The standard InChI is InChI=1S/C25H20N6O15S/c26-23-28-11(5-47-23)15(29-46-24(21(39)40)6-43-7-24)16(34)27-10-4-44-31(19(10)37)25(22(41)42)3-12(20(38)45-25)30-17(35)8-1-13(32)14(33)2-9(8)18(30)36/h1-2,5,10,12,32-33H,3-4,6-7H2,(H2,26,28)(H,27,34)(H,39,40)(H,41,42)/b29-15-/t10-,12-,25-/m0/s1. The van der Waals surface area contributed by atoms with Gasteiger partial charge in [0.2, 0.25) is 0 Å². The highest BCUT2D eigenvalue weighted by atomic mass is 32.1. The smallest absolute Gasteiger partial charge is 0.372 e. The van der Waals surface area contributed by atoms with Crippen molar-refractivity contribution in [1.82, 2.24) is 20.3 Å². The van der Waals surface area contributed by atoms with E-state index in [2.05, 4.69) is 15.5 Å². The zero-order valence-corrected chi connectivity index (χ0v) is 24.1. The molecule has 4 amide bonds. The highest BCUT2D eigenvalue weighted by Crippen LogP contribution is 2.40. The summed E-state index contributed by atoms with van der Waals surface area (Å²) in [4.78, 5) is 105. The fourth-order valence-corrected chi connectivity index (χ4v) is 5.55. The fourth-order valence-electron chi connectivity index (χ4n) is 5.00. The number of nitrogen functional groups attached to an aromatic ring is 1. The van der Waals surface area contributed by atoms with E-state index in [1.807, 2.05) is 0 Å². The van der Waals surface area contributed by atoms with E-state index >= 15 is 0 Å². The van der Waals surface area contributed by atoms with Gasteiger partial charge < -0.3 is 45.8 Å². The van der Waals surface area contributed by atoms with Crippen molar-refractivity contribution in [2.45, 2.75) is 29.8 Å². The number of imide groups is 1. The monoisotopic (exact) mass is 676 g/mol. The molecule has 7 N–H and O–H groups in total. The number of carbonyl (C=O) groups is 7. The first-order valence-electron chi connectivity index (χ1n) is 13.2. The number of thiazole rings is 1. The summed E-state index contributed by atoms with van der Waals surface area (Å²) in [6.45, 7) is -1.47. The lowest BCUT2D eigenvalue weighted by atomic mass is 10.0. The molecule has 0 radical (unpaired) electrons. The minimum Gasteiger partial charge on any atom is -0.504 e. The number of rotatable bonds is 9. The zero-order valence-electron chi connectivity index (χ0n) is 23.3. The van der Waals surface area contributed by atoms with Crippen LogP contribution in [0.25, 0.3) is 0 Å². The molecule has 246 valence electrons. The zero-order chi connectivity index (χ0) is 34.0. The number of aromatic hydroxyl groups is 2. The number of amides is 4. The van der Waals surface area contributed by atoms with E-state index in [-0.39, 0.29) is 40.2 Å². The Morgan fingerprint density at radius 3 is 2.21 bits per heavy atom. The van der Waals surface area contributed by atoms with Gasteiger partial charge in [0.25, 0.3) is 29.2 Å². The quantitative estimate of drug-likeness (QED) is 0.0520. The van der Waals surface area contributed by atoms with Gasteiger partial charge in [-0.3, -0.25) is 28.9 Å². The third-order valence-electron chi connectivity index (χ3n) is 7.52. The lowest BCUT2D eigenvalue weighted by Gasteiger charge is -2.34. The number of carbonyl (C=O) groups excluding carboxylic acids is 5. The summed E-state index contributed by atoms with van der Waals surface area (Å²) < 4.78 is 9.95. The second-order valence-electron chi connectivity index (χ2n) is 10.4. The van der Waals surface area contributed by atoms with Gasteiger partial charge in [0.05, 0.1) is 17.5 Å². The van der Waals surface area contributed by atoms with Gasteiger partial charge in [-0.25, -0.2) is 19.4 Å². The van der Waals surface area contributed by atoms with Crippen molar-refractivity contribution in [3.63, 3.8) is 0 Å². The van der Waals surface area contributed by atoms with Crippen LogP contribution in [-0.2, 0) is 43.1 Å². The van der Waals surface area contributed by atoms with Crippen molar-refractivity contribution in [2.75, 3.05) is 25.6 Å². The predicted molar refractivity (Wildman–Crippen MR) is 145 cm³/mol. The Balaban J connectivity index is 1.22. The molecule has 0 unspecified atom stereocenters. The van der Waals surface area contributed by atoms with Gasteiger partial charge >= 0.3 is 23.6 Å². The number of nitrogens with zero attached hydrogens (tertiary/aromatic N) is 4. The largest absolute Gasteiger partial charge is 0.504 e. The van der Waals surface area contributed by atoms with Gasteiger partial charge in [-0.2, -0.15) is 5.06 Å². The highest BCUT2D eigenvalue weighted by molar-refractivity contribution is 7.13. The first-order chi connectivity index (χ1) is 22.2. The Hall–Kier alpha value is -5.87. The second-order valence-corrected chi connectivity index (χ2v) is 11.3. The molecule has 47 heavy (non-hydrogen) atoms. The number of carboxylic acids is 2. The van der Waals surface area contributed by atoms with Crippen LogP contribution in [-0.4, -0.2) is 126 Å². The molecule has 1 aromatic heterocycles. The summed E-state index contributed by atoms with van der Waals surface area (Å²) >= 11 is 0.900. The molecule has 4 aliphatic heterocycles. The summed E-state index contributed by atoms with van der Waals surface area (Å²) in [7, 11) is 0. The lowest BCUT2D eigenvalue weighted by Crippen LogP contribution is -2.58. The SMILES string of the molecule is Nc1nc(/C(=N/OC2(C(=O)O)COC2)C(=O)N[C@H]2CON([C@@]3(C(=O)O)C[C@H](N4C(=O)c5cc(O)c(O)cc5C4=O)C(=O)O3)C2=O)cs1. The Kier molecular flexibility index (Phi) is 7.21. The third kappa shape index (κ3) is 4.81. The van der Waals surface area contributed by atoms with E-state index in [1.165, 1.54) is 5.38 Å². The summed E-state index contributed by atoms with van der Waals surface area (Å²) in [5.74, 6) is -10.9. The molecule has 5 heterocycles. The van der Waals surface area contributed by atoms with Gasteiger partial charge in [0.15, 0.2) is 22.3 Å². The van der Waals surface area contributed by atoms with Crippen molar-refractivity contribution < 1.29 is 73.1 Å². The van der Waals surface area contributed by atoms with Crippen LogP contribution < -0.4 is 11.1 Å². The number of nitrogens with two attached hydrogens (primary N) is 1. The van der Waals surface area contributed by atoms with Crippen molar-refractivity contribution in [3.05, 3.63) is 34.3 Å². The first-order valence-corrected chi connectivity index (χ1v) is 14.0. The van der Waals surface area contributed by atoms with Crippen LogP contribution in [0.1, 0.15) is 32.8 Å². The number of esters is 1. The van der Waals surface area contributed by atoms with Crippen LogP contribution in [0.3, 0.4) is 0 Å². The number of hydrogen-bond acceptors (Lipinski definition) is 17. The lowest BCUT2D eigenvalue weighted by molar-refractivity contribution is -0.256. The van der Waals surface area contributed by atoms with E-state index in [0.717, 1.165) is 23.5 Å². The highest BCUT2D eigenvalue weighted by Gasteiger charge is 2.65. The number of aliphatic carboxylic acids is 2. The first kappa shape index (κ1) is 31.1. The fraction of sp³-hybridized carbons (Fsp3) is 0.320. The van der Waals surface area contributed by atoms with E-state index in [9.17, 15) is 54.0 Å². The number of aromatic nitrogens is 1. The molecule has 1 aromatic carbocycles. The van der Waals surface area contributed by atoms with Gasteiger partial charge in [-0.15, -0.1) is 11.3 Å². The molecular formula is C25H20N6O15S. The molecule has 3 saturated heterocycles. The van der Waals surface area contributed by atoms with Gasteiger partial charge in [-0.05, 0) is 12.1 Å². The summed E-state index contributed by atoms with van der Waals surface area (Å²) in [5, 5.41) is 46.5. The van der Waals surface area contributed by atoms with Crippen LogP contribution in [0.5, 0.6) is 11.5 Å².